The average molecular weight is 325 g/mol. The van der Waals surface area contributed by atoms with Crippen molar-refractivity contribution in [3.63, 3.8) is 0 Å². The van der Waals surface area contributed by atoms with Crippen LogP contribution in [0.25, 0.3) is 21.5 Å². The Bertz CT molecular complexity index is 902. The Morgan fingerprint density at radius 3 is 2.86 bits per heavy atom. The van der Waals surface area contributed by atoms with Gasteiger partial charge in [-0.2, -0.15) is 0 Å². The first-order valence-electron chi connectivity index (χ1n) is 6.71. The SMILES string of the molecule is c1ccc(-c2cnc(CSc3ncnc4ccsc34)o2)cc1. The number of fused-ring (bicyclic) bond motifs is 1. The Kier molecular flexibility index (Phi) is 3.62. The third-order valence-electron chi connectivity index (χ3n) is 3.15. The molecule has 108 valence electrons. The van der Waals surface area contributed by atoms with Gasteiger partial charge in [0.25, 0.3) is 0 Å². The highest BCUT2D eigenvalue weighted by atomic mass is 32.2. The van der Waals surface area contributed by atoms with Gasteiger partial charge in [-0.3, -0.25) is 0 Å². The van der Waals surface area contributed by atoms with E-state index in [0.29, 0.717) is 11.6 Å². The summed E-state index contributed by atoms with van der Waals surface area (Å²) < 4.78 is 6.93. The summed E-state index contributed by atoms with van der Waals surface area (Å²) in [7, 11) is 0. The van der Waals surface area contributed by atoms with Crippen molar-refractivity contribution in [1.29, 1.82) is 0 Å². The summed E-state index contributed by atoms with van der Waals surface area (Å²) in [6.07, 6.45) is 3.37. The molecule has 0 saturated carbocycles. The second kappa shape index (κ2) is 5.90. The second-order valence-electron chi connectivity index (χ2n) is 4.59. The number of hydrogen-bond acceptors (Lipinski definition) is 6. The molecule has 0 aliphatic carbocycles. The second-order valence-corrected chi connectivity index (χ2v) is 6.47. The van der Waals surface area contributed by atoms with E-state index in [1.807, 2.05) is 41.8 Å². The van der Waals surface area contributed by atoms with Crippen LogP contribution >= 0.6 is 23.1 Å². The predicted molar refractivity (Wildman–Crippen MR) is 88.9 cm³/mol. The van der Waals surface area contributed by atoms with Crippen LogP contribution in [0.1, 0.15) is 5.89 Å². The average Bonchev–Trinajstić information content (AvgIpc) is 3.23. The minimum atomic E-state index is 0.650. The molecule has 0 amide bonds. The number of thiophene rings is 1. The maximum absolute atomic E-state index is 5.81. The molecule has 3 aromatic heterocycles. The van der Waals surface area contributed by atoms with Crippen LogP contribution in [0.2, 0.25) is 0 Å². The Morgan fingerprint density at radius 1 is 1.05 bits per heavy atom. The molecular formula is C16H11N3OS2. The van der Waals surface area contributed by atoms with Crippen LogP contribution in [0.5, 0.6) is 0 Å². The highest BCUT2D eigenvalue weighted by molar-refractivity contribution is 7.98. The van der Waals surface area contributed by atoms with Crippen LogP contribution in [0, 0.1) is 0 Å². The Balaban J connectivity index is 1.53. The van der Waals surface area contributed by atoms with E-state index >= 15 is 0 Å². The lowest BCUT2D eigenvalue weighted by Crippen LogP contribution is -1.85. The van der Waals surface area contributed by atoms with Crippen LogP contribution in [0.15, 0.2) is 63.7 Å². The zero-order chi connectivity index (χ0) is 14.8. The van der Waals surface area contributed by atoms with Crippen LogP contribution in [-0.4, -0.2) is 15.0 Å². The molecule has 0 saturated heterocycles. The molecule has 0 aliphatic rings. The fourth-order valence-electron chi connectivity index (χ4n) is 2.11. The number of thioether (sulfide) groups is 1. The van der Waals surface area contributed by atoms with Crippen molar-refractivity contribution in [1.82, 2.24) is 15.0 Å². The number of aromatic nitrogens is 3. The van der Waals surface area contributed by atoms with Gasteiger partial charge in [-0.25, -0.2) is 15.0 Å². The fraction of sp³-hybridized carbons (Fsp3) is 0.0625. The van der Waals surface area contributed by atoms with E-state index in [9.17, 15) is 0 Å². The number of benzene rings is 1. The standard InChI is InChI=1S/C16H11N3OS2/c1-2-4-11(5-3-1)13-8-17-14(20-13)9-22-16-15-12(6-7-21-15)18-10-19-16/h1-8,10H,9H2. The van der Waals surface area contributed by atoms with Gasteiger partial charge in [-0.15, -0.1) is 11.3 Å². The quantitative estimate of drug-likeness (QED) is 0.404. The van der Waals surface area contributed by atoms with Crippen molar-refractivity contribution in [3.8, 4) is 11.3 Å². The molecule has 3 heterocycles. The summed E-state index contributed by atoms with van der Waals surface area (Å²) in [6.45, 7) is 0. The van der Waals surface area contributed by atoms with E-state index in [1.165, 1.54) is 0 Å². The minimum Gasteiger partial charge on any atom is -0.440 e. The van der Waals surface area contributed by atoms with Crippen molar-refractivity contribution in [2.24, 2.45) is 0 Å². The van der Waals surface area contributed by atoms with Crippen LogP contribution in [0.4, 0.5) is 0 Å². The minimum absolute atomic E-state index is 0.650. The van der Waals surface area contributed by atoms with Crippen molar-refractivity contribution in [2.75, 3.05) is 0 Å². The molecule has 6 heteroatoms. The van der Waals surface area contributed by atoms with Crippen LogP contribution in [-0.2, 0) is 5.75 Å². The summed E-state index contributed by atoms with van der Waals surface area (Å²) in [4.78, 5) is 12.9. The van der Waals surface area contributed by atoms with E-state index in [4.69, 9.17) is 4.42 Å². The molecule has 4 rings (SSSR count). The van der Waals surface area contributed by atoms with Gasteiger partial charge in [0.05, 0.1) is 22.2 Å². The van der Waals surface area contributed by atoms with Crippen molar-refractivity contribution in [2.45, 2.75) is 10.8 Å². The van der Waals surface area contributed by atoms with Crippen molar-refractivity contribution < 1.29 is 4.42 Å². The number of rotatable bonds is 4. The molecule has 0 fully saturated rings. The van der Waals surface area contributed by atoms with Gasteiger partial charge < -0.3 is 4.42 Å². The lowest BCUT2D eigenvalue weighted by molar-refractivity contribution is 0.530. The first kappa shape index (κ1) is 13.5. The third-order valence-corrected chi connectivity index (χ3v) is 5.17. The van der Waals surface area contributed by atoms with Gasteiger partial charge >= 0.3 is 0 Å². The van der Waals surface area contributed by atoms with Gasteiger partial charge in [0.1, 0.15) is 11.4 Å². The summed E-state index contributed by atoms with van der Waals surface area (Å²) in [5, 5.41) is 3.00. The zero-order valence-electron chi connectivity index (χ0n) is 11.5. The number of nitrogens with zero attached hydrogens (tertiary/aromatic N) is 3. The monoisotopic (exact) mass is 325 g/mol. The molecular weight excluding hydrogens is 314 g/mol. The van der Waals surface area contributed by atoms with E-state index in [2.05, 4.69) is 15.0 Å². The molecule has 0 unspecified atom stereocenters. The van der Waals surface area contributed by atoms with E-state index in [-0.39, 0.29) is 0 Å². The summed E-state index contributed by atoms with van der Waals surface area (Å²) in [5.74, 6) is 2.14. The molecule has 4 aromatic rings. The van der Waals surface area contributed by atoms with Gasteiger partial charge in [0.15, 0.2) is 5.76 Å². The summed E-state index contributed by atoms with van der Waals surface area (Å²) in [5.41, 5.74) is 2.02. The number of oxazole rings is 1. The lowest BCUT2D eigenvalue weighted by Gasteiger charge is -1.99. The Labute approximate surface area is 135 Å². The normalized spacial score (nSPS) is 11.1. The molecule has 0 aliphatic heterocycles. The van der Waals surface area contributed by atoms with Crippen molar-refractivity contribution in [3.05, 3.63) is 60.2 Å². The predicted octanol–water partition coefficient (Wildman–Crippen LogP) is 4.64. The van der Waals surface area contributed by atoms with Crippen molar-refractivity contribution >= 4 is 33.3 Å². The van der Waals surface area contributed by atoms with Gasteiger partial charge in [-0.05, 0) is 11.4 Å². The maximum atomic E-state index is 5.81. The third kappa shape index (κ3) is 2.63. The molecule has 4 nitrogen and oxygen atoms in total. The van der Waals surface area contributed by atoms with Gasteiger partial charge in [-0.1, -0.05) is 42.1 Å². The fourth-order valence-corrected chi connectivity index (χ4v) is 3.91. The molecule has 1 aromatic carbocycles. The lowest BCUT2D eigenvalue weighted by atomic mass is 10.2. The van der Waals surface area contributed by atoms with E-state index < -0.39 is 0 Å². The Hall–Kier alpha value is -2.18. The topological polar surface area (TPSA) is 51.8 Å². The maximum Gasteiger partial charge on any atom is 0.205 e. The van der Waals surface area contributed by atoms with Crippen LogP contribution < -0.4 is 0 Å². The zero-order valence-corrected chi connectivity index (χ0v) is 13.1. The number of hydrogen-bond donors (Lipinski definition) is 0. The Morgan fingerprint density at radius 2 is 1.95 bits per heavy atom. The summed E-state index contributed by atoms with van der Waals surface area (Å²) in [6, 6.07) is 12.0. The molecule has 0 radical (unpaired) electrons. The first-order chi connectivity index (χ1) is 10.9. The highest BCUT2D eigenvalue weighted by Crippen LogP contribution is 2.31. The van der Waals surface area contributed by atoms with Gasteiger partial charge in [0, 0.05) is 5.56 Å². The first-order valence-corrected chi connectivity index (χ1v) is 8.58. The van der Waals surface area contributed by atoms with Crippen LogP contribution in [0.3, 0.4) is 0 Å². The molecule has 0 bridgehead atoms. The van der Waals surface area contributed by atoms with Gasteiger partial charge in [0.2, 0.25) is 5.89 Å². The molecule has 0 N–H and O–H groups in total. The molecule has 22 heavy (non-hydrogen) atoms. The molecule has 0 spiro atoms. The largest absolute Gasteiger partial charge is 0.440 e. The molecule has 0 atom stereocenters. The smallest absolute Gasteiger partial charge is 0.205 e. The summed E-state index contributed by atoms with van der Waals surface area (Å²) >= 11 is 3.27. The van der Waals surface area contributed by atoms with E-state index in [1.54, 1.807) is 35.6 Å². The van der Waals surface area contributed by atoms with E-state index in [0.717, 1.165) is 26.6 Å². The highest BCUT2D eigenvalue weighted by Gasteiger charge is 2.10.